The summed E-state index contributed by atoms with van der Waals surface area (Å²) in [5, 5.41) is 3.18. The first-order valence-corrected chi connectivity index (χ1v) is 11.9. The monoisotopic (exact) mass is 470 g/mol. The molecule has 0 atom stereocenters. The number of halogens is 1. The number of benzene rings is 3. The normalized spacial score (nSPS) is 11.2. The van der Waals surface area contributed by atoms with Crippen LogP contribution in [-0.4, -0.2) is 26.7 Å². The van der Waals surface area contributed by atoms with Crippen molar-refractivity contribution in [3.8, 4) is 0 Å². The van der Waals surface area contributed by atoms with Crippen molar-refractivity contribution >= 4 is 39.0 Å². The van der Waals surface area contributed by atoms with Gasteiger partial charge in [-0.25, -0.2) is 13.1 Å². The fraction of sp³-hybridized carbons (Fsp3) is 0.167. The van der Waals surface area contributed by atoms with Crippen LogP contribution in [0.2, 0.25) is 5.02 Å². The zero-order chi connectivity index (χ0) is 23.1. The van der Waals surface area contributed by atoms with Crippen LogP contribution in [0.25, 0.3) is 0 Å². The number of hydrogen-bond donors (Lipinski definition) is 2. The van der Waals surface area contributed by atoms with E-state index < -0.39 is 10.0 Å². The van der Waals surface area contributed by atoms with Gasteiger partial charge in [-0.2, -0.15) is 0 Å². The second-order valence-electron chi connectivity index (χ2n) is 7.08. The van der Waals surface area contributed by atoms with E-state index in [2.05, 4.69) is 10.0 Å². The number of rotatable bonds is 9. The maximum absolute atomic E-state index is 12.9. The second-order valence-corrected chi connectivity index (χ2v) is 9.28. The molecular formula is C24H23ClN2O4S. The number of carbonyl (C=O) groups is 2. The molecule has 0 unspecified atom stereocenters. The summed E-state index contributed by atoms with van der Waals surface area (Å²) < 4.78 is 26.5. The Morgan fingerprint density at radius 1 is 0.938 bits per heavy atom. The lowest BCUT2D eigenvalue weighted by Gasteiger charge is -2.11. The third-order valence-corrected chi connectivity index (χ3v) is 6.54. The van der Waals surface area contributed by atoms with Gasteiger partial charge in [-0.3, -0.25) is 9.59 Å². The second kappa shape index (κ2) is 10.5. The molecule has 1 amide bonds. The van der Waals surface area contributed by atoms with Gasteiger partial charge in [0, 0.05) is 29.1 Å². The van der Waals surface area contributed by atoms with E-state index in [-0.39, 0.29) is 23.0 Å². The Kier molecular flexibility index (Phi) is 7.80. The van der Waals surface area contributed by atoms with Gasteiger partial charge in [-0.1, -0.05) is 61.0 Å². The Balaban J connectivity index is 1.67. The Morgan fingerprint density at radius 3 is 2.28 bits per heavy atom. The van der Waals surface area contributed by atoms with E-state index in [0.29, 0.717) is 34.8 Å². The molecule has 8 heteroatoms. The number of hydrogen-bond acceptors (Lipinski definition) is 4. The first-order chi connectivity index (χ1) is 15.3. The average molecular weight is 471 g/mol. The van der Waals surface area contributed by atoms with E-state index in [9.17, 15) is 18.0 Å². The number of carbonyl (C=O) groups excluding carboxylic acids is 2. The number of sulfonamides is 1. The molecule has 0 fully saturated rings. The summed E-state index contributed by atoms with van der Waals surface area (Å²) in [6.45, 7) is 2.02. The zero-order valence-corrected chi connectivity index (χ0v) is 19.0. The molecule has 3 aromatic carbocycles. The first kappa shape index (κ1) is 23.7. The molecular weight excluding hydrogens is 448 g/mol. The van der Waals surface area contributed by atoms with E-state index >= 15 is 0 Å². The van der Waals surface area contributed by atoms with E-state index in [1.54, 1.807) is 55.5 Å². The Hall–Kier alpha value is -3.00. The molecule has 3 rings (SSSR count). The molecule has 0 aliphatic carbocycles. The molecule has 0 saturated heterocycles. The SMILES string of the molecule is CCNS(=O)(=O)c1ccc(CCC(=O)Nc2ccc(Cl)cc2C(=O)c2ccccc2)cc1. The summed E-state index contributed by atoms with van der Waals surface area (Å²) in [5.41, 5.74) is 2.03. The van der Waals surface area contributed by atoms with Crippen LogP contribution in [0.1, 0.15) is 34.8 Å². The Morgan fingerprint density at radius 2 is 1.62 bits per heavy atom. The number of aryl methyl sites for hydroxylation is 1. The number of ketones is 1. The van der Waals surface area contributed by atoms with E-state index in [1.807, 2.05) is 6.07 Å². The summed E-state index contributed by atoms with van der Waals surface area (Å²) in [7, 11) is -3.51. The molecule has 3 aromatic rings. The molecule has 166 valence electrons. The minimum atomic E-state index is -3.51. The third kappa shape index (κ3) is 6.03. The topological polar surface area (TPSA) is 92.3 Å². The van der Waals surface area contributed by atoms with Gasteiger partial charge in [0.1, 0.15) is 0 Å². The highest BCUT2D eigenvalue weighted by Gasteiger charge is 2.16. The van der Waals surface area contributed by atoms with Crippen LogP contribution < -0.4 is 10.0 Å². The van der Waals surface area contributed by atoms with Crippen molar-refractivity contribution in [1.82, 2.24) is 4.72 Å². The summed E-state index contributed by atoms with van der Waals surface area (Å²) in [5.74, 6) is -0.500. The van der Waals surface area contributed by atoms with Gasteiger partial charge in [0.15, 0.2) is 5.78 Å². The van der Waals surface area contributed by atoms with E-state index in [1.165, 1.54) is 18.2 Å². The van der Waals surface area contributed by atoms with Crippen molar-refractivity contribution in [2.45, 2.75) is 24.7 Å². The smallest absolute Gasteiger partial charge is 0.240 e. The number of amides is 1. The number of anilines is 1. The molecule has 0 aliphatic rings. The highest BCUT2D eigenvalue weighted by atomic mass is 35.5. The van der Waals surface area contributed by atoms with Crippen LogP contribution in [0.3, 0.4) is 0 Å². The fourth-order valence-corrected chi connectivity index (χ4v) is 4.35. The predicted octanol–water partition coefficient (Wildman–Crippen LogP) is 4.44. The maximum atomic E-state index is 12.9. The molecule has 0 aliphatic heterocycles. The van der Waals surface area contributed by atoms with E-state index in [0.717, 1.165) is 5.56 Å². The third-order valence-electron chi connectivity index (χ3n) is 4.75. The van der Waals surface area contributed by atoms with Crippen LogP contribution in [0.5, 0.6) is 0 Å². The van der Waals surface area contributed by atoms with Crippen LogP contribution in [0, 0.1) is 0 Å². The fourth-order valence-electron chi connectivity index (χ4n) is 3.14. The van der Waals surface area contributed by atoms with Crippen LogP contribution in [0.15, 0.2) is 77.7 Å². The molecule has 2 N–H and O–H groups in total. The van der Waals surface area contributed by atoms with Crippen molar-refractivity contribution in [2.75, 3.05) is 11.9 Å². The molecule has 0 spiro atoms. The van der Waals surface area contributed by atoms with Crippen molar-refractivity contribution in [1.29, 1.82) is 0 Å². The molecule has 0 bridgehead atoms. The highest BCUT2D eigenvalue weighted by Crippen LogP contribution is 2.24. The first-order valence-electron chi connectivity index (χ1n) is 10.1. The van der Waals surface area contributed by atoms with Crippen LogP contribution in [-0.2, 0) is 21.2 Å². The summed E-state index contributed by atoms with van der Waals surface area (Å²) >= 11 is 6.08. The van der Waals surface area contributed by atoms with Crippen LogP contribution in [0.4, 0.5) is 5.69 Å². The van der Waals surface area contributed by atoms with Gasteiger partial charge in [-0.15, -0.1) is 0 Å². The summed E-state index contributed by atoms with van der Waals surface area (Å²) in [6, 6.07) is 19.9. The van der Waals surface area contributed by atoms with Crippen LogP contribution >= 0.6 is 11.6 Å². The standard InChI is InChI=1S/C24H23ClN2O4S/c1-2-26-32(30,31)20-12-8-17(9-13-20)10-15-23(28)27-22-14-11-19(25)16-21(22)24(29)18-6-4-3-5-7-18/h3-9,11-14,16,26H,2,10,15H2,1H3,(H,27,28). The van der Waals surface area contributed by atoms with Crippen molar-refractivity contribution < 1.29 is 18.0 Å². The van der Waals surface area contributed by atoms with Gasteiger partial charge in [-0.05, 0) is 42.3 Å². The van der Waals surface area contributed by atoms with Gasteiger partial charge >= 0.3 is 0 Å². The average Bonchev–Trinajstić information content (AvgIpc) is 2.79. The molecule has 0 aromatic heterocycles. The Labute approximate surface area is 192 Å². The van der Waals surface area contributed by atoms with E-state index in [4.69, 9.17) is 11.6 Å². The van der Waals surface area contributed by atoms with Gasteiger partial charge < -0.3 is 5.32 Å². The number of nitrogens with one attached hydrogen (secondary N) is 2. The maximum Gasteiger partial charge on any atom is 0.240 e. The highest BCUT2D eigenvalue weighted by molar-refractivity contribution is 7.89. The van der Waals surface area contributed by atoms with Crippen molar-refractivity contribution in [2.24, 2.45) is 0 Å². The van der Waals surface area contributed by atoms with Crippen molar-refractivity contribution in [3.63, 3.8) is 0 Å². The minimum Gasteiger partial charge on any atom is -0.325 e. The largest absolute Gasteiger partial charge is 0.325 e. The lowest BCUT2D eigenvalue weighted by atomic mass is 10.0. The molecule has 0 heterocycles. The molecule has 0 saturated carbocycles. The lowest BCUT2D eigenvalue weighted by molar-refractivity contribution is -0.116. The predicted molar refractivity (Wildman–Crippen MR) is 126 cm³/mol. The van der Waals surface area contributed by atoms with Gasteiger partial charge in [0.25, 0.3) is 0 Å². The summed E-state index contributed by atoms with van der Waals surface area (Å²) in [6.07, 6.45) is 0.587. The lowest BCUT2D eigenvalue weighted by Crippen LogP contribution is -2.23. The van der Waals surface area contributed by atoms with Gasteiger partial charge in [0.05, 0.1) is 10.6 Å². The summed E-state index contributed by atoms with van der Waals surface area (Å²) in [4.78, 5) is 25.6. The molecule has 32 heavy (non-hydrogen) atoms. The van der Waals surface area contributed by atoms with Crippen molar-refractivity contribution in [3.05, 3.63) is 94.5 Å². The molecule has 0 radical (unpaired) electrons. The van der Waals surface area contributed by atoms with Gasteiger partial charge in [0.2, 0.25) is 15.9 Å². The minimum absolute atomic E-state index is 0.168. The zero-order valence-electron chi connectivity index (χ0n) is 17.5. The quantitative estimate of drug-likeness (QED) is 0.452. The molecule has 6 nitrogen and oxygen atoms in total. The Bertz CT molecular complexity index is 1210.